The maximum atomic E-state index is 5.56. The van der Waals surface area contributed by atoms with Gasteiger partial charge in [-0.25, -0.2) is 0 Å². The fraction of sp³-hybridized carbons (Fsp3) is 0.647. The Hall–Kier alpha value is -1.22. The summed E-state index contributed by atoms with van der Waals surface area (Å²) >= 11 is 0. The van der Waals surface area contributed by atoms with Crippen LogP contribution in [-0.2, 0) is 0 Å². The van der Waals surface area contributed by atoms with Crippen molar-refractivity contribution in [1.82, 2.24) is 5.32 Å². The Morgan fingerprint density at radius 1 is 1.10 bits per heavy atom. The van der Waals surface area contributed by atoms with Crippen LogP contribution in [0.4, 0.5) is 5.69 Å². The summed E-state index contributed by atoms with van der Waals surface area (Å²) in [6.45, 7) is 6.75. The molecule has 0 bridgehead atoms. The number of rotatable bonds is 2. The Kier molecular flexibility index (Phi) is 3.41. The molecule has 1 heterocycles. The first-order chi connectivity index (χ1) is 9.54. The monoisotopic (exact) mass is 274 g/mol. The van der Waals surface area contributed by atoms with Crippen LogP contribution in [0.3, 0.4) is 0 Å². The highest BCUT2D eigenvalue weighted by Gasteiger charge is 2.44. The van der Waals surface area contributed by atoms with Crippen molar-refractivity contribution in [2.75, 3.05) is 25.1 Å². The number of nitrogens with one attached hydrogen (secondary N) is 1. The van der Waals surface area contributed by atoms with Crippen LogP contribution >= 0.6 is 0 Å². The molecule has 1 saturated heterocycles. The summed E-state index contributed by atoms with van der Waals surface area (Å²) in [5, 5.41) is 3.92. The maximum absolute atomic E-state index is 5.56. The first-order valence-corrected chi connectivity index (χ1v) is 7.71. The number of benzene rings is 1. The number of hydrogen-bond donors (Lipinski definition) is 1. The highest BCUT2D eigenvalue weighted by molar-refractivity contribution is 5.59. The normalized spacial score (nSPS) is 24.1. The van der Waals surface area contributed by atoms with Gasteiger partial charge in [-0.3, -0.25) is 0 Å². The van der Waals surface area contributed by atoms with Gasteiger partial charge in [-0.15, -0.1) is 0 Å². The molecule has 1 saturated carbocycles. The molecule has 1 spiro atoms. The van der Waals surface area contributed by atoms with E-state index in [0.29, 0.717) is 5.54 Å². The fourth-order valence-corrected chi connectivity index (χ4v) is 4.09. The van der Waals surface area contributed by atoms with Crippen LogP contribution in [0.25, 0.3) is 0 Å². The van der Waals surface area contributed by atoms with Gasteiger partial charge in [0.1, 0.15) is 5.75 Å². The second-order valence-corrected chi connectivity index (χ2v) is 7.02. The molecule has 3 heteroatoms. The van der Waals surface area contributed by atoms with E-state index in [2.05, 4.69) is 42.3 Å². The zero-order valence-corrected chi connectivity index (χ0v) is 12.9. The third-order valence-corrected chi connectivity index (χ3v) is 4.67. The van der Waals surface area contributed by atoms with Crippen LogP contribution in [0.1, 0.15) is 39.5 Å². The molecule has 1 aliphatic carbocycles. The van der Waals surface area contributed by atoms with E-state index in [-0.39, 0.29) is 5.54 Å². The van der Waals surface area contributed by atoms with Crippen molar-refractivity contribution in [2.24, 2.45) is 0 Å². The second-order valence-electron chi connectivity index (χ2n) is 7.02. The van der Waals surface area contributed by atoms with Crippen molar-refractivity contribution in [3.63, 3.8) is 0 Å². The maximum Gasteiger partial charge on any atom is 0.142 e. The summed E-state index contributed by atoms with van der Waals surface area (Å²) in [5.74, 6) is 0.985. The van der Waals surface area contributed by atoms with Gasteiger partial charge in [-0.2, -0.15) is 0 Å². The molecule has 0 amide bonds. The SMILES string of the molecule is COc1ccccc1N1CC(C)(C)NC2(CCCC2)C1. The summed E-state index contributed by atoms with van der Waals surface area (Å²) in [6.07, 6.45) is 5.29. The molecule has 1 aromatic carbocycles. The van der Waals surface area contributed by atoms with E-state index in [1.54, 1.807) is 7.11 Å². The average Bonchev–Trinajstić information content (AvgIpc) is 2.84. The minimum absolute atomic E-state index is 0.142. The number of ether oxygens (including phenoxy) is 1. The standard InChI is InChI=1S/C17H26N2O/c1-16(2)12-19(13-17(18-16)10-6-7-11-17)14-8-4-5-9-15(14)20-3/h4-5,8-9,18H,6-7,10-13H2,1-3H3. The van der Waals surface area contributed by atoms with Crippen molar-refractivity contribution >= 4 is 5.69 Å². The van der Waals surface area contributed by atoms with Gasteiger partial charge >= 0.3 is 0 Å². The van der Waals surface area contributed by atoms with E-state index in [4.69, 9.17) is 4.74 Å². The number of para-hydroxylation sites is 2. The molecule has 0 unspecified atom stereocenters. The zero-order chi connectivity index (χ0) is 14.2. The summed E-state index contributed by atoms with van der Waals surface area (Å²) < 4.78 is 5.56. The zero-order valence-electron chi connectivity index (χ0n) is 12.9. The van der Waals surface area contributed by atoms with Gasteiger partial charge in [0.05, 0.1) is 12.8 Å². The van der Waals surface area contributed by atoms with Gasteiger partial charge in [0.25, 0.3) is 0 Å². The van der Waals surface area contributed by atoms with Gasteiger partial charge in [0.15, 0.2) is 0 Å². The lowest BCUT2D eigenvalue weighted by molar-refractivity contribution is 0.197. The summed E-state index contributed by atoms with van der Waals surface area (Å²) in [5.41, 5.74) is 1.67. The van der Waals surface area contributed by atoms with Crippen molar-refractivity contribution in [3.05, 3.63) is 24.3 Å². The van der Waals surface area contributed by atoms with Crippen LogP contribution in [0.5, 0.6) is 5.75 Å². The van der Waals surface area contributed by atoms with Gasteiger partial charge in [-0.05, 0) is 38.8 Å². The number of hydrogen-bond acceptors (Lipinski definition) is 3. The third kappa shape index (κ3) is 2.51. The molecule has 3 rings (SSSR count). The predicted molar refractivity (Wildman–Crippen MR) is 83.6 cm³/mol. The predicted octanol–water partition coefficient (Wildman–Crippen LogP) is 3.20. The summed E-state index contributed by atoms with van der Waals surface area (Å²) in [7, 11) is 1.76. The number of nitrogens with zero attached hydrogens (tertiary/aromatic N) is 1. The van der Waals surface area contributed by atoms with Crippen LogP contribution < -0.4 is 15.0 Å². The number of anilines is 1. The Bertz CT molecular complexity index is 478. The van der Waals surface area contributed by atoms with E-state index < -0.39 is 0 Å². The topological polar surface area (TPSA) is 24.5 Å². The molecule has 2 fully saturated rings. The number of methoxy groups -OCH3 is 1. The molecule has 1 N–H and O–H groups in total. The molecule has 3 nitrogen and oxygen atoms in total. The van der Waals surface area contributed by atoms with Crippen LogP contribution in [0, 0.1) is 0 Å². The minimum Gasteiger partial charge on any atom is -0.495 e. The lowest BCUT2D eigenvalue weighted by atomic mass is 9.87. The van der Waals surface area contributed by atoms with Crippen LogP contribution in [0.2, 0.25) is 0 Å². The fourth-order valence-electron chi connectivity index (χ4n) is 4.09. The Balaban J connectivity index is 1.92. The summed E-state index contributed by atoms with van der Waals surface area (Å²) in [4.78, 5) is 2.51. The largest absolute Gasteiger partial charge is 0.495 e. The van der Waals surface area contributed by atoms with E-state index in [9.17, 15) is 0 Å². The van der Waals surface area contributed by atoms with Crippen LogP contribution in [-0.4, -0.2) is 31.3 Å². The molecule has 0 atom stereocenters. The molecular formula is C17H26N2O. The molecule has 2 aliphatic rings. The molecule has 1 aromatic rings. The first-order valence-electron chi connectivity index (χ1n) is 7.71. The van der Waals surface area contributed by atoms with Crippen molar-refractivity contribution in [3.8, 4) is 5.75 Å². The van der Waals surface area contributed by atoms with Crippen molar-refractivity contribution in [2.45, 2.75) is 50.6 Å². The Morgan fingerprint density at radius 3 is 2.50 bits per heavy atom. The van der Waals surface area contributed by atoms with E-state index in [1.165, 1.54) is 31.4 Å². The van der Waals surface area contributed by atoms with E-state index >= 15 is 0 Å². The van der Waals surface area contributed by atoms with Crippen molar-refractivity contribution < 1.29 is 4.74 Å². The molecule has 1 aliphatic heterocycles. The van der Waals surface area contributed by atoms with Crippen LogP contribution in [0.15, 0.2) is 24.3 Å². The Labute approximate surface area is 122 Å². The Morgan fingerprint density at radius 2 is 1.80 bits per heavy atom. The highest BCUT2D eigenvalue weighted by atomic mass is 16.5. The number of piperazine rings is 1. The highest BCUT2D eigenvalue weighted by Crippen LogP contribution is 2.39. The summed E-state index contributed by atoms with van der Waals surface area (Å²) in [6, 6.07) is 8.39. The first kappa shape index (κ1) is 13.7. The molecular weight excluding hydrogens is 248 g/mol. The van der Waals surface area contributed by atoms with Gasteiger partial charge in [0, 0.05) is 24.2 Å². The van der Waals surface area contributed by atoms with E-state index in [0.717, 1.165) is 18.8 Å². The van der Waals surface area contributed by atoms with E-state index in [1.807, 2.05) is 6.07 Å². The quantitative estimate of drug-likeness (QED) is 0.896. The molecule has 110 valence electrons. The van der Waals surface area contributed by atoms with Gasteiger partial charge in [-0.1, -0.05) is 25.0 Å². The lowest BCUT2D eigenvalue weighted by Crippen LogP contribution is -2.68. The molecule has 20 heavy (non-hydrogen) atoms. The van der Waals surface area contributed by atoms with Crippen molar-refractivity contribution in [1.29, 1.82) is 0 Å². The smallest absolute Gasteiger partial charge is 0.142 e. The van der Waals surface area contributed by atoms with Gasteiger partial charge in [0.2, 0.25) is 0 Å². The molecule has 0 aromatic heterocycles. The third-order valence-electron chi connectivity index (χ3n) is 4.67. The molecule has 0 radical (unpaired) electrons. The van der Waals surface area contributed by atoms with Gasteiger partial charge < -0.3 is 15.0 Å². The second kappa shape index (κ2) is 4.96. The minimum atomic E-state index is 0.142. The lowest BCUT2D eigenvalue weighted by Gasteiger charge is -2.51. The average molecular weight is 274 g/mol.